The highest BCUT2D eigenvalue weighted by atomic mass is 79.9. The number of rotatable bonds is 6. The summed E-state index contributed by atoms with van der Waals surface area (Å²) in [5.41, 5.74) is 6.80. The van der Waals surface area contributed by atoms with Gasteiger partial charge in [0.05, 0.1) is 17.2 Å². The second kappa shape index (κ2) is 9.65. The van der Waals surface area contributed by atoms with Gasteiger partial charge >= 0.3 is 0 Å². The van der Waals surface area contributed by atoms with Crippen molar-refractivity contribution in [2.24, 2.45) is 5.10 Å². The van der Waals surface area contributed by atoms with Crippen LogP contribution in [0.3, 0.4) is 0 Å². The molecule has 0 aliphatic carbocycles. The van der Waals surface area contributed by atoms with E-state index in [1.807, 2.05) is 63.2 Å². The molecule has 3 rings (SSSR count). The third-order valence-corrected chi connectivity index (χ3v) is 6.47. The van der Waals surface area contributed by atoms with E-state index in [1.54, 1.807) is 6.21 Å². The topological polar surface area (TPSA) is 46.4 Å². The first kappa shape index (κ1) is 21.7. The van der Waals surface area contributed by atoms with E-state index < -0.39 is 0 Å². The Morgan fingerprint density at radius 3 is 2.59 bits per heavy atom. The lowest BCUT2D eigenvalue weighted by molar-refractivity contribution is -0.120. The van der Waals surface area contributed by atoms with Gasteiger partial charge in [0.15, 0.2) is 0 Å². The molecule has 0 unspecified atom stereocenters. The van der Waals surface area contributed by atoms with Crippen molar-refractivity contribution in [3.63, 3.8) is 0 Å². The van der Waals surface area contributed by atoms with Gasteiger partial charge < -0.3 is 4.57 Å². The monoisotopic (exact) mass is 489 g/mol. The maximum atomic E-state index is 12.3. The molecule has 29 heavy (non-hydrogen) atoms. The molecular weight excluding hydrogens is 470 g/mol. The zero-order chi connectivity index (χ0) is 21.0. The van der Waals surface area contributed by atoms with E-state index in [4.69, 9.17) is 11.6 Å². The average molecular weight is 491 g/mol. The minimum Gasteiger partial charge on any atom is -0.317 e. The molecule has 2 aromatic carbocycles. The number of hydrazone groups is 1. The van der Waals surface area contributed by atoms with Crippen LogP contribution in [0.1, 0.15) is 23.9 Å². The number of carbonyl (C=O) groups is 1. The standard InChI is InChI=1S/C22H21BrClN3OS/c1-14-12-17(15(2)27(14)21-7-5-4-6-20(21)23)13-25-26-22(28)16(3)29-19-10-8-18(24)9-11-19/h4-13,16H,1-3H3,(H,26,28)/b25-13-/t16-/m0/s1. The number of aromatic nitrogens is 1. The lowest BCUT2D eigenvalue weighted by atomic mass is 10.2. The summed E-state index contributed by atoms with van der Waals surface area (Å²) < 4.78 is 3.18. The molecule has 1 aromatic heterocycles. The lowest BCUT2D eigenvalue weighted by Gasteiger charge is -2.11. The molecule has 4 nitrogen and oxygen atoms in total. The first-order chi connectivity index (χ1) is 13.9. The van der Waals surface area contributed by atoms with E-state index in [9.17, 15) is 4.79 Å². The van der Waals surface area contributed by atoms with Crippen molar-refractivity contribution in [3.05, 3.63) is 81.0 Å². The Kier molecular flexibility index (Phi) is 7.22. The minimum absolute atomic E-state index is 0.152. The van der Waals surface area contributed by atoms with Crippen LogP contribution in [0.5, 0.6) is 0 Å². The number of amides is 1. The molecule has 7 heteroatoms. The highest BCUT2D eigenvalue weighted by molar-refractivity contribution is 9.10. The van der Waals surface area contributed by atoms with Crippen molar-refractivity contribution in [1.82, 2.24) is 9.99 Å². The first-order valence-corrected chi connectivity index (χ1v) is 11.1. The normalized spacial score (nSPS) is 12.3. The number of para-hydroxylation sites is 1. The Balaban J connectivity index is 1.67. The van der Waals surface area contributed by atoms with Gasteiger partial charge in [-0.25, -0.2) is 5.43 Å². The summed E-state index contributed by atoms with van der Waals surface area (Å²) in [6.45, 7) is 5.94. The summed E-state index contributed by atoms with van der Waals surface area (Å²) in [6.07, 6.45) is 1.69. The van der Waals surface area contributed by atoms with Crippen molar-refractivity contribution in [1.29, 1.82) is 0 Å². The Bertz CT molecular complexity index is 1050. The fraction of sp³-hybridized carbons (Fsp3) is 0.182. The van der Waals surface area contributed by atoms with Gasteiger partial charge in [-0.1, -0.05) is 23.7 Å². The molecular formula is C22H21BrClN3OS. The molecule has 0 bridgehead atoms. The molecule has 1 heterocycles. The van der Waals surface area contributed by atoms with E-state index in [0.29, 0.717) is 5.02 Å². The summed E-state index contributed by atoms with van der Waals surface area (Å²) >= 11 is 11.0. The van der Waals surface area contributed by atoms with E-state index in [-0.39, 0.29) is 11.2 Å². The number of carbonyl (C=O) groups excluding carboxylic acids is 1. The van der Waals surface area contributed by atoms with Crippen LogP contribution < -0.4 is 5.43 Å². The smallest absolute Gasteiger partial charge is 0.253 e. The van der Waals surface area contributed by atoms with Crippen molar-refractivity contribution in [3.8, 4) is 5.69 Å². The summed E-state index contributed by atoms with van der Waals surface area (Å²) in [4.78, 5) is 13.3. The van der Waals surface area contributed by atoms with Gasteiger partial charge in [0.25, 0.3) is 5.91 Å². The van der Waals surface area contributed by atoms with E-state index >= 15 is 0 Å². The van der Waals surface area contributed by atoms with Crippen LogP contribution in [0.4, 0.5) is 0 Å². The molecule has 0 saturated heterocycles. The lowest BCUT2D eigenvalue weighted by Crippen LogP contribution is -2.26. The van der Waals surface area contributed by atoms with Crippen molar-refractivity contribution in [2.45, 2.75) is 30.9 Å². The molecule has 0 aliphatic rings. The van der Waals surface area contributed by atoms with Crippen molar-refractivity contribution < 1.29 is 4.79 Å². The van der Waals surface area contributed by atoms with Gasteiger partial charge in [0.2, 0.25) is 0 Å². The zero-order valence-electron chi connectivity index (χ0n) is 16.3. The summed E-state index contributed by atoms with van der Waals surface area (Å²) in [5.74, 6) is -0.152. The van der Waals surface area contributed by atoms with Crippen LogP contribution in [0, 0.1) is 13.8 Å². The van der Waals surface area contributed by atoms with E-state index in [1.165, 1.54) is 11.8 Å². The quantitative estimate of drug-likeness (QED) is 0.256. The SMILES string of the molecule is Cc1cc(/C=N\NC(=O)[C@H](C)Sc2ccc(Cl)cc2)c(C)n1-c1ccccc1Br. The average Bonchev–Trinajstić information content (AvgIpc) is 2.97. The fourth-order valence-corrected chi connectivity index (χ4v) is 4.40. The first-order valence-electron chi connectivity index (χ1n) is 9.06. The predicted octanol–water partition coefficient (Wildman–Crippen LogP) is 6.14. The molecule has 1 atom stereocenters. The Labute approximate surface area is 188 Å². The predicted molar refractivity (Wildman–Crippen MR) is 125 cm³/mol. The second-order valence-electron chi connectivity index (χ2n) is 6.56. The molecule has 150 valence electrons. The van der Waals surface area contributed by atoms with E-state index in [0.717, 1.165) is 32.0 Å². The number of hydrogen-bond donors (Lipinski definition) is 1. The number of nitrogens with one attached hydrogen (secondary N) is 1. The van der Waals surface area contributed by atoms with Crippen LogP contribution in [-0.4, -0.2) is 21.9 Å². The number of halogens is 2. The molecule has 1 amide bonds. The van der Waals surface area contributed by atoms with Gasteiger partial charge in [-0.05, 0) is 79.2 Å². The highest BCUT2D eigenvalue weighted by Gasteiger charge is 2.14. The summed E-state index contributed by atoms with van der Waals surface area (Å²) in [6, 6.07) is 17.5. The second-order valence-corrected chi connectivity index (χ2v) is 9.27. The molecule has 0 spiro atoms. The van der Waals surface area contributed by atoms with Crippen molar-refractivity contribution in [2.75, 3.05) is 0 Å². The van der Waals surface area contributed by atoms with Gasteiger partial charge in [0.1, 0.15) is 0 Å². The highest BCUT2D eigenvalue weighted by Crippen LogP contribution is 2.26. The Hall–Kier alpha value is -2.02. The Morgan fingerprint density at radius 1 is 1.21 bits per heavy atom. The van der Waals surface area contributed by atoms with E-state index in [2.05, 4.69) is 43.2 Å². The minimum atomic E-state index is -0.277. The third kappa shape index (κ3) is 5.32. The zero-order valence-corrected chi connectivity index (χ0v) is 19.5. The molecule has 3 aromatic rings. The maximum Gasteiger partial charge on any atom is 0.253 e. The largest absolute Gasteiger partial charge is 0.317 e. The van der Waals surface area contributed by atoms with Crippen LogP contribution in [0.2, 0.25) is 5.02 Å². The fourth-order valence-electron chi connectivity index (χ4n) is 2.95. The molecule has 1 N–H and O–H groups in total. The van der Waals surface area contributed by atoms with Crippen LogP contribution in [0.15, 0.2) is 69.1 Å². The summed E-state index contributed by atoms with van der Waals surface area (Å²) in [5, 5.41) is 4.57. The molecule has 0 radical (unpaired) electrons. The van der Waals surface area contributed by atoms with Crippen molar-refractivity contribution >= 4 is 51.4 Å². The number of thioether (sulfide) groups is 1. The number of hydrogen-bond acceptors (Lipinski definition) is 3. The maximum absolute atomic E-state index is 12.3. The number of aryl methyl sites for hydroxylation is 1. The molecule has 0 aliphatic heterocycles. The van der Waals surface area contributed by atoms with Crippen LogP contribution in [-0.2, 0) is 4.79 Å². The van der Waals surface area contributed by atoms with Gasteiger partial charge in [-0.15, -0.1) is 11.8 Å². The third-order valence-electron chi connectivity index (χ3n) is 4.44. The van der Waals surface area contributed by atoms with Gasteiger partial charge in [-0.3, -0.25) is 4.79 Å². The van der Waals surface area contributed by atoms with Gasteiger partial charge in [0, 0.05) is 31.3 Å². The molecule has 0 saturated carbocycles. The van der Waals surface area contributed by atoms with Crippen LogP contribution in [0.25, 0.3) is 5.69 Å². The summed E-state index contributed by atoms with van der Waals surface area (Å²) in [7, 11) is 0. The number of nitrogens with zero attached hydrogens (tertiary/aromatic N) is 2. The van der Waals surface area contributed by atoms with Gasteiger partial charge in [-0.2, -0.15) is 5.10 Å². The Morgan fingerprint density at radius 2 is 1.90 bits per heavy atom. The molecule has 0 fully saturated rings. The van der Waals surface area contributed by atoms with Crippen LogP contribution >= 0.6 is 39.3 Å². The number of benzene rings is 2.